The summed E-state index contributed by atoms with van der Waals surface area (Å²) in [5.74, 6) is -1.98. The molecule has 0 saturated carbocycles. The van der Waals surface area contributed by atoms with Crippen molar-refractivity contribution < 1.29 is 19.8 Å². The quantitative estimate of drug-likeness (QED) is 0.750. The zero-order valence-electron chi connectivity index (χ0n) is 8.35. The first-order valence-corrected chi connectivity index (χ1v) is 4.41. The topological polar surface area (TPSA) is 97.4 Å². The highest BCUT2D eigenvalue weighted by Gasteiger charge is 1.97. The number of aromatic nitrogens is 3. The van der Waals surface area contributed by atoms with Gasteiger partial charge in [-0.1, -0.05) is 0 Å². The maximum Gasteiger partial charge on any atom is 0.323 e. The molecule has 16 heavy (non-hydrogen) atoms. The van der Waals surface area contributed by atoms with E-state index in [1.807, 2.05) is 0 Å². The fourth-order valence-electron chi connectivity index (χ4n) is 1.02. The molecule has 0 aromatic carbocycles. The van der Waals surface area contributed by atoms with Gasteiger partial charge in [-0.3, -0.25) is 9.59 Å². The molecule has 2 N–H and O–H groups in total. The second kappa shape index (κ2) is 5.54. The number of hydrogen-bond acceptors (Lipinski definition) is 3. The van der Waals surface area contributed by atoms with Gasteiger partial charge in [0.05, 0.1) is 6.33 Å². The van der Waals surface area contributed by atoms with Gasteiger partial charge in [0, 0.05) is 24.8 Å². The molecule has 86 valence electrons. The molecular formula is C9H11N3O4. The number of aliphatic carboxylic acids is 2. The Kier molecular flexibility index (Phi) is 4.07. The normalized spacial score (nSPS) is 9.50. The first kappa shape index (κ1) is 11.8. The molecule has 0 saturated heterocycles. The van der Waals surface area contributed by atoms with Crippen LogP contribution in [0.15, 0.2) is 31.1 Å². The molecule has 0 radical (unpaired) electrons. The van der Waals surface area contributed by atoms with E-state index in [-0.39, 0.29) is 13.1 Å². The molecule has 0 unspecified atom stereocenters. The number of rotatable bonds is 4. The fraction of sp³-hybridized carbons (Fsp3) is 0.222. The summed E-state index contributed by atoms with van der Waals surface area (Å²) in [7, 11) is 0. The number of carboxylic acids is 2. The maximum absolute atomic E-state index is 10.5. The average molecular weight is 225 g/mol. The smallest absolute Gasteiger partial charge is 0.323 e. The molecule has 0 aliphatic heterocycles. The molecule has 0 bridgehead atoms. The number of carboxylic acid groups (broad SMARTS) is 2. The Morgan fingerprint density at radius 2 is 1.56 bits per heavy atom. The zero-order valence-corrected chi connectivity index (χ0v) is 8.35. The molecule has 0 atom stereocenters. The summed E-state index contributed by atoms with van der Waals surface area (Å²) in [4.78, 5) is 24.7. The highest BCUT2D eigenvalue weighted by Crippen LogP contribution is 1.87. The minimum absolute atomic E-state index is 0.205. The van der Waals surface area contributed by atoms with Crippen molar-refractivity contribution in [3.05, 3.63) is 31.1 Å². The van der Waals surface area contributed by atoms with E-state index < -0.39 is 11.9 Å². The van der Waals surface area contributed by atoms with E-state index >= 15 is 0 Å². The minimum atomic E-state index is -0.995. The molecule has 0 spiro atoms. The maximum atomic E-state index is 10.5. The van der Waals surface area contributed by atoms with Gasteiger partial charge in [-0.05, 0) is 0 Å². The van der Waals surface area contributed by atoms with Gasteiger partial charge in [-0.15, -0.1) is 0 Å². The van der Waals surface area contributed by atoms with Crippen molar-refractivity contribution in [3.63, 3.8) is 0 Å². The Morgan fingerprint density at radius 1 is 1.00 bits per heavy atom. The Morgan fingerprint density at radius 3 is 2.19 bits per heavy atom. The van der Waals surface area contributed by atoms with Crippen molar-refractivity contribution in [2.24, 2.45) is 0 Å². The van der Waals surface area contributed by atoms with Crippen LogP contribution in [0.25, 0.3) is 0 Å². The third-order valence-electron chi connectivity index (χ3n) is 1.64. The number of nitrogens with zero attached hydrogens (tertiary/aromatic N) is 3. The predicted octanol–water partition coefficient (Wildman–Crippen LogP) is -0.0218. The predicted molar refractivity (Wildman–Crippen MR) is 53.1 cm³/mol. The summed E-state index contributed by atoms with van der Waals surface area (Å²) in [5.41, 5.74) is 0. The largest absolute Gasteiger partial charge is 0.480 e. The standard InChI is InChI=1S/C9H11N3O4/c13-8(14)5-11-2-1-10-7-12(4-3-11)6-9(15)16/h1-4,7H,5-6H2,(H,13,14)(H,15,16). The van der Waals surface area contributed by atoms with E-state index in [1.165, 1.54) is 40.2 Å². The molecule has 1 heterocycles. The van der Waals surface area contributed by atoms with Gasteiger partial charge in [0.1, 0.15) is 13.1 Å². The summed E-state index contributed by atoms with van der Waals surface area (Å²) in [6.07, 6.45) is 7.14. The van der Waals surface area contributed by atoms with Crippen LogP contribution in [-0.4, -0.2) is 36.3 Å². The lowest BCUT2D eigenvalue weighted by Crippen LogP contribution is -2.11. The van der Waals surface area contributed by atoms with Crippen LogP contribution < -0.4 is 0 Å². The van der Waals surface area contributed by atoms with E-state index in [2.05, 4.69) is 4.98 Å². The Hall–Kier alpha value is -2.31. The molecular weight excluding hydrogens is 214 g/mol. The van der Waals surface area contributed by atoms with Crippen molar-refractivity contribution in [3.8, 4) is 0 Å². The van der Waals surface area contributed by atoms with Gasteiger partial charge in [0.25, 0.3) is 0 Å². The fourth-order valence-corrected chi connectivity index (χ4v) is 1.02. The Bertz CT molecular complexity index is 393. The van der Waals surface area contributed by atoms with E-state index in [9.17, 15) is 9.59 Å². The molecule has 0 amide bonds. The van der Waals surface area contributed by atoms with Crippen molar-refractivity contribution in [1.82, 2.24) is 14.1 Å². The van der Waals surface area contributed by atoms with Crippen LogP contribution in [-0.2, 0) is 22.7 Å². The SMILES string of the molecule is O=C(O)Cn1ccncn(CC(=O)O)cc1. The minimum Gasteiger partial charge on any atom is -0.480 e. The molecule has 7 heteroatoms. The zero-order chi connectivity index (χ0) is 12.0. The lowest BCUT2D eigenvalue weighted by Gasteiger charge is -2.02. The summed E-state index contributed by atoms with van der Waals surface area (Å²) in [5, 5.41) is 17.2. The van der Waals surface area contributed by atoms with Gasteiger partial charge in [0.15, 0.2) is 0 Å². The molecule has 1 rings (SSSR count). The van der Waals surface area contributed by atoms with Crippen LogP contribution in [0, 0.1) is 0 Å². The lowest BCUT2D eigenvalue weighted by atomic mass is 10.6. The average Bonchev–Trinajstić information content (AvgIpc) is 2.14. The highest BCUT2D eigenvalue weighted by molar-refractivity contribution is 5.66. The number of carbonyl (C=O) groups is 2. The molecule has 1 aromatic rings. The molecule has 7 nitrogen and oxygen atoms in total. The van der Waals surface area contributed by atoms with Crippen molar-refractivity contribution in [2.45, 2.75) is 13.1 Å². The summed E-state index contributed by atoms with van der Waals surface area (Å²) in [6.45, 7) is -0.432. The molecule has 0 aliphatic rings. The van der Waals surface area contributed by atoms with Crippen LogP contribution in [0.5, 0.6) is 0 Å². The summed E-state index contributed by atoms with van der Waals surface area (Å²) >= 11 is 0. The molecule has 0 aliphatic carbocycles. The number of hydrogen-bond donors (Lipinski definition) is 2. The summed E-state index contributed by atoms with van der Waals surface area (Å²) < 4.78 is 2.72. The van der Waals surface area contributed by atoms with E-state index in [0.29, 0.717) is 0 Å². The lowest BCUT2D eigenvalue weighted by molar-refractivity contribution is -0.138. The van der Waals surface area contributed by atoms with Crippen molar-refractivity contribution >= 4 is 11.9 Å². The first-order valence-electron chi connectivity index (χ1n) is 4.41. The molecule has 0 fully saturated rings. The second-order valence-corrected chi connectivity index (χ2v) is 2.99. The van der Waals surface area contributed by atoms with Crippen LogP contribution in [0.2, 0.25) is 0 Å². The van der Waals surface area contributed by atoms with Crippen LogP contribution in [0.1, 0.15) is 0 Å². The Labute approximate surface area is 90.9 Å². The van der Waals surface area contributed by atoms with Crippen LogP contribution >= 0.6 is 0 Å². The highest BCUT2D eigenvalue weighted by atomic mass is 16.4. The third-order valence-corrected chi connectivity index (χ3v) is 1.64. The summed E-state index contributed by atoms with van der Waals surface area (Å²) in [6, 6.07) is 0. The molecule has 1 aromatic heterocycles. The van der Waals surface area contributed by atoms with Crippen LogP contribution in [0.3, 0.4) is 0 Å². The van der Waals surface area contributed by atoms with Gasteiger partial charge >= 0.3 is 11.9 Å². The van der Waals surface area contributed by atoms with Crippen LogP contribution in [0.4, 0.5) is 0 Å². The van der Waals surface area contributed by atoms with E-state index in [4.69, 9.17) is 10.2 Å². The van der Waals surface area contributed by atoms with E-state index in [0.717, 1.165) is 0 Å². The van der Waals surface area contributed by atoms with E-state index in [1.54, 1.807) is 0 Å². The van der Waals surface area contributed by atoms with Crippen molar-refractivity contribution in [2.75, 3.05) is 0 Å². The van der Waals surface area contributed by atoms with Gasteiger partial charge < -0.3 is 19.3 Å². The Balaban J connectivity index is 2.96. The monoisotopic (exact) mass is 225 g/mol. The second-order valence-electron chi connectivity index (χ2n) is 2.99. The van der Waals surface area contributed by atoms with Gasteiger partial charge in [-0.25, -0.2) is 4.98 Å². The van der Waals surface area contributed by atoms with Crippen molar-refractivity contribution in [1.29, 1.82) is 0 Å². The van der Waals surface area contributed by atoms with Gasteiger partial charge in [-0.2, -0.15) is 0 Å². The third kappa shape index (κ3) is 4.27. The van der Waals surface area contributed by atoms with Gasteiger partial charge in [0.2, 0.25) is 0 Å². The first-order chi connectivity index (χ1) is 7.58.